The second-order valence-corrected chi connectivity index (χ2v) is 7.16. The molecule has 1 unspecified atom stereocenters. The van der Waals surface area contributed by atoms with E-state index in [0.717, 1.165) is 17.5 Å². The number of pyridine rings is 1. The quantitative estimate of drug-likeness (QED) is 0.642. The molecule has 0 aliphatic carbocycles. The van der Waals surface area contributed by atoms with Crippen molar-refractivity contribution in [1.29, 1.82) is 0 Å². The molecule has 1 aliphatic rings. The van der Waals surface area contributed by atoms with Crippen molar-refractivity contribution in [3.8, 4) is 5.88 Å². The fourth-order valence-electron chi connectivity index (χ4n) is 3.06. The number of nitrogens with zero attached hydrogens (tertiary/aromatic N) is 3. The molecule has 0 amide bonds. The first kappa shape index (κ1) is 19.4. The fraction of sp³-hybridized carbons (Fsp3) is 0.286. The van der Waals surface area contributed by atoms with E-state index in [1.54, 1.807) is 12.4 Å². The normalized spacial score (nSPS) is 16.0. The van der Waals surface area contributed by atoms with Crippen LogP contribution in [0.5, 0.6) is 5.88 Å². The van der Waals surface area contributed by atoms with Gasteiger partial charge in [0.05, 0.1) is 31.6 Å². The van der Waals surface area contributed by atoms with E-state index >= 15 is 0 Å². The lowest BCUT2D eigenvalue weighted by atomic mass is 10.2. The van der Waals surface area contributed by atoms with E-state index < -0.39 is 0 Å². The van der Waals surface area contributed by atoms with Crippen molar-refractivity contribution in [3.63, 3.8) is 0 Å². The van der Waals surface area contributed by atoms with E-state index in [1.807, 2.05) is 42.5 Å². The highest BCUT2D eigenvalue weighted by Gasteiger charge is 2.17. The molecule has 1 aliphatic heterocycles. The Bertz CT molecular complexity index is 1020. The minimum Gasteiger partial charge on any atom is -0.472 e. The van der Waals surface area contributed by atoms with E-state index in [-0.39, 0.29) is 16.7 Å². The summed E-state index contributed by atoms with van der Waals surface area (Å²) >= 11 is 6.29. The Balaban J connectivity index is 1.42. The molecule has 3 heterocycles. The highest BCUT2D eigenvalue weighted by Crippen LogP contribution is 2.19. The maximum absolute atomic E-state index is 12.5. The summed E-state index contributed by atoms with van der Waals surface area (Å²) in [6.45, 7) is 2.14. The van der Waals surface area contributed by atoms with Gasteiger partial charge < -0.3 is 14.8 Å². The molecule has 29 heavy (non-hydrogen) atoms. The van der Waals surface area contributed by atoms with Crippen molar-refractivity contribution < 1.29 is 9.47 Å². The molecule has 0 saturated carbocycles. The summed E-state index contributed by atoms with van der Waals surface area (Å²) in [5, 5.41) is 7.52. The third-order valence-electron chi connectivity index (χ3n) is 4.62. The number of hydrogen-bond acceptors (Lipinski definition) is 6. The van der Waals surface area contributed by atoms with Gasteiger partial charge in [-0.3, -0.25) is 4.79 Å². The van der Waals surface area contributed by atoms with Crippen molar-refractivity contribution in [2.75, 3.05) is 18.5 Å². The topological polar surface area (TPSA) is 78.3 Å². The Hall–Kier alpha value is -2.90. The second kappa shape index (κ2) is 9.07. The maximum atomic E-state index is 12.5. The molecule has 4 rings (SSSR count). The Labute approximate surface area is 173 Å². The molecule has 1 fully saturated rings. The number of ether oxygens (including phenoxy) is 2. The average molecular weight is 413 g/mol. The van der Waals surface area contributed by atoms with Crippen LogP contribution in [0.25, 0.3) is 0 Å². The monoisotopic (exact) mass is 412 g/mol. The van der Waals surface area contributed by atoms with E-state index in [9.17, 15) is 4.79 Å². The van der Waals surface area contributed by atoms with Crippen LogP contribution >= 0.6 is 11.6 Å². The first-order valence-corrected chi connectivity index (χ1v) is 9.79. The minimum atomic E-state index is -0.333. The van der Waals surface area contributed by atoms with Crippen LogP contribution in [0.1, 0.15) is 17.5 Å². The van der Waals surface area contributed by atoms with Gasteiger partial charge >= 0.3 is 0 Å². The lowest BCUT2D eigenvalue weighted by Crippen LogP contribution is -2.24. The standard InChI is InChI=1S/C21H21ClN4O3/c22-20-18(12-25-26(21(20)27)13-15-4-2-1-3-5-15)24-11-16-6-8-23-19(10-16)29-17-7-9-28-14-17/h1-6,8,10,12,17,24H,7,9,11,13-14H2. The van der Waals surface area contributed by atoms with Crippen LogP contribution in [0, 0.1) is 0 Å². The van der Waals surface area contributed by atoms with Crippen molar-refractivity contribution in [2.45, 2.75) is 25.6 Å². The van der Waals surface area contributed by atoms with Gasteiger partial charge in [-0.05, 0) is 17.2 Å². The first-order valence-electron chi connectivity index (χ1n) is 9.42. The number of anilines is 1. The zero-order valence-electron chi connectivity index (χ0n) is 15.8. The predicted molar refractivity (Wildman–Crippen MR) is 110 cm³/mol. The van der Waals surface area contributed by atoms with Crippen LogP contribution in [-0.4, -0.2) is 34.1 Å². The molecule has 1 N–H and O–H groups in total. The molecule has 1 aromatic carbocycles. The summed E-state index contributed by atoms with van der Waals surface area (Å²) in [7, 11) is 0. The minimum absolute atomic E-state index is 0.0431. The molecule has 0 spiro atoms. The molecule has 1 saturated heterocycles. The predicted octanol–water partition coefficient (Wildman–Crippen LogP) is 3.12. The summed E-state index contributed by atoms with van der Waals surface area (Å²) in [5.74, 6) is 0.558. The molecular weight excluding hydrogens is 392 g/mol. The van der Waals surface area contributed by atoms with Gasteiger partial charge in [-0.15, -0.1) is 0 Å². The number of aromatic nitrogens is 3. The number of benzene rings is 1. The van der Waals surface area contributed by atoms with Gasteiger partial charge in [-0.1, -0.05) is 41.9 Å². The maximum Gasteiger partial charge on any atom is 0.287 e. The van der Waals surface area contributed by atoms with Crippen molar-refractivity contribution in [2.24, 2.45) is 0 Å². The summed E-state index contributed by atoms with van der Waals surface area (Å²) in [4.78, 5) is 16.8. The molecule has 2 aromatic heterocycles. The summed E-state index contributed by atoms with van der Waals surface area (Å²) in [6.07, 6.45) is 4.17. The van der Waals surface area contributed by atoms with Crippen molar-refractivity contribution in [1.82, 2.24) is 14.8 Å². The number of rotatable bonds is 7. The lowest BCUT2D eigenvalue weighted by molar-refractivity contribution is 0.138. The van der Waals surface area contributed by atoms with Crippen LogP contribution < -0.4 is 15.6 Å². The van der Waals surface area contributed by atoms with Crippen molar-refractivity contribution in [3.05, 3.63) is 81.4 Å². The van der Waals surface area contributed by atoms with E-state index in [4.69, 9.17) is 21.1 Å². The van der Waals surface area contributed by atoms with Crippen LogP contribution in [-0.2, 0) is 17.8 Å². The van der Waals surface area contributed by atoms with Crippen LogP contribution in [0.15, 0.2) is 59.7 Å². The molecule has 3 aromatic rings. The first-order chi connectivity index (χ1) is 14.2. The molecule has 150 valence electrons. The van der Waals surface area contributed by atoms with Gasteiger partial charge in [0.15, 0.2) is 0 Å². The SMILES string of the molecule is O=c1c(Cl)c(NCc2ccnc(OC3CCOC3)c2)cnn1Cc1ccccc1. The van der Waals surface area contributed by atoms with Gasteiger partial charge in [0.1, 0.15) is 11.1 Å². The van der Waals surface area contributed by atoms with E-state index in [1.165, 1.54) is 4.68 Å². The van der Waals surface area contributed by atoms with Crippen LogP contribution in [0.2, 0.25) is 5.02 Å². The molecular formula is C21H21ClN4O3. The third-order valence-corrected chi connectivity index (χ3v) is 4.98. The number of halogens is 1. The highest BCUT2D eigenvalue weighted by atomic mass is 35.5. The molecule has 8 heteroatoms. The van der Waals surface area contributed by atoms with Gasteiger partial charge in [-0.25, -0.2) is 9.67 Å². The summed E-state index contributed by atoms with van der Waals surface area (Å²) in [6, 6.07) is 13.4. The zero-order valence-corrected chi connectivity index (χ0v) is 16.5. The molecule has 0 bridgehead atoms. The van der Waals surface area contributed by atoms with Crippen LogP contribution in [0.4, 0.5) is 5.69 Å². The van der Waals surface area contributed by atoms with Crippen molar-refractivity contribution >= 4 is 17.3 Å². The Morgan fingerprint density at radius 1 is 1.24 bits per heavy atom. The van der Waals surface area contributed by atoms with Gasteiger partial charge in [0.2, 0.25) is 5.88 Å². The highest BCUT2D eigenvalue weighted by molar-refractivity contribution is 6.32. The average Bonchev–Trinajstić information content (AvgIpc) is 3.25. The zero-order chi connectivity index (χ0) is 20.1. The largest absolute Gasteiger partial charge is 0.472 e. The van der Waals surface area contributed by atoms with E-state index in [2.05, 4.69) is 15.4 Å². The fourth-order valence-corrected chi connectivity index (χ4v) is 3.27. The van der Waals surface area contributed by atoms with Crippen LogP contribution in [0.3, 0.4) is 0 Å². The smallest absolute Gasteiger partial charge is 0.287 e. The number of nitrogens with one attached hydrogen (secondary N) is 1. The molecule has 7 nitrogen and oxygen atoms in total. The lowest BCUT2D eigenvalue weighted by Gasteiger charge is -2.13. The summed E-state index contributed by atoms with van der Waals surface area (Å²) < 4.78 is 12.5. The van der Waals surface area contributed by atoms with Gasteiger partial charge in [0.25, 0.3) is 5.56 Å². The van der Waals surface area contributed by atoms with Gasteiger partial charge in [0, 0.05) is 25.2 Å². The van der Waals surface area contributed by atoms with Gasteiger partial charge in [-0.2, -0.15) is 5.10 Å². The number of hydrogen-bond donors (Lipinski definition) is 1. The van der Waals surface area contributed by atoms with E-state index in [0.29, 0.717) is 37.9 Å². The molecule has 1 atom stereocenters. The second-order valence-electron chi connectivity index (χ2n) is 6.78. The Morgan fingerprint density at radius 2 is 2.10 bits per heavy atom. The molecule has 0 radical (unpaired) electrons. The third kappa shape index (κ3) is 4.93. The Kier molecular flexibility index (Phi) is 6.07. The Morgan fingerprint density at radius 3 is 2.90 bits per heavy atom. The summed E-state index contributed by atoms with van der Waals surface area (Å²) in [5.41, 5.74) is 2.10.